The topological polar surface area (TPSA) is 95.5 Å². The van der Waals surface area contributed by atoms with Crippen LogP contribution in [-0.2, 0) is 4.74 Å². The molecule has 1 fully saturated rings. The Morgan fingerprint density at radius 1 is 1.33 bits per heavy atom. The third-order valence-corrected chi connectivity index (χ3v) is 3.96. The summed E-state index contributed by atoms with van der Waals surface area (Å²) in [6, 6.07) is 2.89. The smallest absolute Gasteiger partial charge is 0.340 e. The Balaban J connectivity index is 2.17. The van der Waals surface area contributed by atoms with Gasteiger partial charge in [-0.25, -0.2) is 4.79 Å². The summed E-state index contributed by atoms with van der Waals surface area (Å²) in [7, 11) is 0. The maximum atomic E-state index is 12.2. The van der Waals surface area contributed by atoms with Crippen LogP contribution < -0.4 is 5.73 Å². The van der Waals surface area contributed by atoms with Crippen LogP contribution in [0.2, 0.25) is 0 Å². The number of esters is 1. The minimum absolute atomic E-state index is 0.0836. The molecule has 0 atom stereocenters. The van der Waals surface area contributed by atoms with Crippen LogP contribution in [0.4, 0.5) is 11.4 Å². The molecule has 1 aromatic carbocycles. The molecule has 1 aliphatic rings. The van der Waals surface area contributed by atoms with Crippen molar-refractivity contribution >= 4 is 17.3 Å². The largest absolute Gasteiger partial charge is 0.459 e. The normalized spacial score (nSPS) is 21.8. The zero-order valence-corrected chi connectivity index (χ0v) is 12.3. The van der Waals surface area contributed by atoms with Crippen molar-refractivity contribution in [2.45, 2.75) is 45.6 Å². The fourth-order valence-corrected chi connectivity index (χ4v) is 2.66. The molecule has 21 heavy (non-hydrogen) atoms. The predicted octanol–water partition coefficient (Wildman–Crippen LogP) is 3.22. The summed E-state index contributed by atoms with van der Waals surface area (Å²) in [5.41, 5.74) is 6.06. The molecule has 114 valence electrons. The molecule has 1 saturated carbocycles. The van der Waals surface area contributed by atoms with Gasteiger partial charge in [0.05, 0.1) is 10.5 Å². The van der Waals surface area contributed by atoms with Crippen molar-refractivity contribution in [3.05, 3.63) is 33.4 Å². The van der Waals surface area contributed by atoms with Crippen LogP contribution in [0.1, 0.15) is 48.5 Å². The summed E-state index contributed by atoms with van der Waals surface area (Å²) in [6.45, 7) is 3.87. The molecule has 0 bridgehead atoms. The number of nitro groups is 1. The summed E-state index contributed by atoms with van der Waals surface area (Å²) in [5.74, 6) is 0.0870. The van der Waals surface area contributed by atoms with Gasteiger partial charge < -0.3 is 10.5 Å². The Kier molecular flexibility index (Phi) is 4.45. The van der Waals surface area contributed by atoms with E-state index in [1.165, 1.54) is 12.1 Å². The lowest BCUT2D eigenvalue weighted by Gasteiger charge is -2.26. The van der Waals surface area contributed by atoms with Gasteiger partial charge in [0.2, 0.25) is 0 Å². The Hall–Kier alpha value is -2.11. The first-order chi connectivity index (χ1) is 9.88. The van der Waals surface area contributed by atoms with Crippen molar-refractivity contribution < 1.29 is 14.5 Å². The van der Waals surface area contributed by atoms with Crippen molar-refractivity contribution in [2.75, 3.05) is 5.73 Å². The van der Waals surface area contributed by atoms with Crippen LogP contribution >= 0.6 is 0 Å². The van der Waals surface area contributed by atoms with Crippen molar-refractivity contribution in [1.29, 1.82) is 0 Å². The molecule has 0 saturated heterocycles. The first kappa shape index (κ1) is 15.3. The molecule has 2 N–H and O–H groups in total. The number of nitrogens with two attached hydrogens (primary N) is 1. The van der Waals surface area contributed by atoms with E-state index in [9.17, 15) is 14.9 Å². The lowest BCUT2D eigenvalue weighted by molar-refractivity contribution is -0.384. The highest BCUT2D eigenvalue weighted by Crippen LogP contribution is 2.30. The van der Waals surface area contributed by atoms with Gasteiger partial charge >= 0.3 is 5.97 Å². The minimum atomic E-state index is -0.582. The number of anilines is 1. The molecule has 1 aromatic rings. The first-order valence-corrected chi connectivity index (χ1v) is 7.14. The quantitative estimate of drug-likeness (QED) is 0.399. The van der Waals surface area contributed by atoms with Gasteiger partial charge in [-0.05, 0) is 50.2 Å². The Bertz CT molecular complexity index is 563. The Labute approximate surface area is 123 Å². The van der Waals surface area contributed by atoms with Crippen LogP contribution in [0.15, 0.2) is 12.1 Å². The maximum absolute atomic E-state index is 12.2. The molecule has 0 heterocycles. The van der Waals surface area contributed by atoms with E-state index in [0.29, 0.717) is 11.5 Å². The first-order valence-electron chi connectivity index (χ1n) is 7.14. The van der Waals surface area contributed by atoms with Gasteiger partial charge in [0.25, 0.3) is 5.69 Å². The lowest BCUT2D eigenvalue weighted by Crippen LogP contribution is -2.24. The fraction of sp³-hybridized carbons (Fsp3) is 0.533. The zero-order valence-electron chi connectivity index (χ0n) is 12.3. The molecule has 0 amide bonds. The number of hydrogen-bond donors (Lipinski definition) is 1. The van der Waals surface area contributed by atoms with Crippen LogP contribution in [-0.4, -0.2) is 17.0 Å². The van der Waals surface area contributed by atoms with Crippen molar-refractivity contribution in [1.82, 2.24) is 0 Å². The molecule has 1 aliphatic carbocycles. The molecule has 0 radical (unpaired) electrons. The number of ether oxygens (including phenoxy) is 1. The molecular weight excluding hydrogens is 272 g/mol. The number of carbonyl (C=O) groups is 1. The molecule has 6 nitrogen and oxygen atoms in total. The summed E-state index contributed by atoms with van der Waals surface area (Å²) in [5, 5.41) is 10.9. The summed E-state index contributed by atoms with van der Waals surface area (Å²) < 4.78 is 5.45. The van der Waals surface area contributed by atoms with E-state index in [2.05, 4.69) is 6.92 Å². The molecule has 0 spiro atoms. The van der Waals surface area contributed by atoms with Gasteiger partial charge in [0, 0.05) is 6.07 Å². The highest BCUT2D eigenvalue weighted by molar-refractivity contribution is 5.97. The molecule has 0 aliphatic heterocycles. The second kappa shape index (κ2) is 6.11. The number of nitrogens with zero attached hydrogens (tertiary/aromatic N) is 1. The predicted molar refractivity (Wildman–Crippen MR) is 79.1 cm³/mol. The van der Waals surface area contributed by atoms with Gasteiger partial charge in [-0.2, -0.15) is 0 Å². The van der Waals surface area contributed by atoms with Crippen LogP contribution in [0.25, 0.3) is 0 Å². The Morgan fingerprint density at radius 3 is 2.52 bits per heavy atom. The van der Waals surface area contributed by atoms with E-state index < -0.39 is 10.9 Å². The van der Waals surface area contributed by atoms with Crippen LogP contribution in [0.5, 0.6) is 0 Å². The average molecular weight is 292 g/mol. The maximum Gasteiger partial charge on any atom is 0.340 e. The monoisotopic (exact) mass is 292 g/mol. The second-order valence-electron chi connectivity index (χ2n) is 5.79. The van der Waals surface area contributed by atoms with Gasteiger partial charge in [0.15, 0.2) is 0 Å². The number of hydrogen-bond acceptors (Lipinski definition) is 5. The average Bonchev–Trinajstić information content (AvgIpc) is 2.43. The van der Waals surface area contributed by atoms with Gasteiger partial charge in [-0.1, -0.05) is 6.92 Å². The lowest BCUT2D eigenvalue weighted by atomic mass is 9.89. The SMILES string of the molecule is Cc1cc(C(=O)OC2CCC(C)CC2)c(N)c([N+](=O)[O-])c1. The second-order valence-corrected chi connectivity index (χ2v) is 5.79. The third kappa shape index (κ3) is 3.51. The van der Waals surface area contributed by atoms with Crippen LogP contribution in [0, 0.1) is 23.0 Å². The number of nitrogen functional groups attached to an aromatic ring is 1. The van der Waals surface area contributed by atoms with Gasteiger partial charge in [0.1, 0.15) is 11.8 Å². The van der Waals surface area contributed by atoms with E-state index in [0.717, 1.165) is 25.7 Å². The van der Waals surface area contributed by atoms with E-state index in [-0.39, 0.29) is 23.0 Å². The summed E-state index contributed by atoms with van der Waals surface area (Å²) in [4.78, 5) is 22.6. The standard InChI is InChI=1S/C15H20N2O4/c1-9-3-5-11(6-4-9)21-15(18)12-7-10(2)8-13(14(12)16)17(19)20/h7-9,11H,3-6,16H2,1-2H3. The molecular formula is C15H20N2O4. The third-order valence-electron chi connectivity index (χ3n) is 3.96. The number of nitro benzene ring substituents is 1. The van der Waals surface area contributed by atoms with Gasteiger partial charge in [-0.15, -0.1) is 0 Å². The summed E-state index contributed by atoms with van der Waals surface area (Å²) in [6.07, 6.45) is 3.61. The number of carbonyl (C=O) groups excluding carboxylic acids is 1. The van der Waals surface area contributed by atoms with Crippen molar-refractivity contribution in [2.24, 2.45) is 5.92 Å². The fourth-order valence-electron chi connectivity index (χ4n) is 2.66. The number of rotatable bonds is 3. The molecule has 2 rings (SSSR count). The van der Waals surface area contributed by atoms with E-state index in [1.54, 1.807) is 6.92 Å². The zero-order chi connectivity index (χ0) is 15.6. The minimum Gasteiger partial charge on any atom is -0.459 e. The summed E-state index contributed by atoms with van der Waals surface area (Å²) >= 11 is 0. The van der Waals surface area contributed by atoms with E-state index in [4.69, 9.17) is 10.5 Å². The highest BCUT2D eigenvalue weighted by Gasteiger charge is 2.26. The number of benzene rings is 1. The van der Waals surface area contributed by atoms with Crippen molar-refractivity contribution in [3.63, 3.8) is 0 Å². The number of aryl methyl sites for hydroxylation is 1. The Morgan fingerprint density at radius 2 is 1.95 bits per heavy atom. The van der Waals surface area contributed by atoms with Gasteiger partial charge in [-0.3, -0.25) is 10.1 Å². The highest BCUT2D eigenvalue weighted by atomic mass is 16.6. The molecule has 0 aromatic heterocycles. The van der Waals surface area contributed by atoms with Crippen LogP contribution in [0.3, 0.4) is 0 Å². The van der Waals surface area contributed by atoms with Crippen molar-refractivity contribution in [3.8, 4) is 0 Å². The van der Waals surface area contributed by atoms with E-state index >= 15 is 0 Å². The molecule has 6 heteroatoms. The van der Waals surface area contributed by atoms with E-state index in [1.807, 2.05) is 0 Å². The molecule has 0 unspecified atom stereocenters.